The van der Waals surface area contributed by atoms with Gasteiger partial charge in [-0.2, -0.15) is 4.98 Å². The third-order valence-corrected chi connectivity index (χ3v) is 3.23. The number of nitrogens with one attached hydrogen (secondary N) is 1. The minimum Gasteiger partial charge on any atom is -0.394 e. The van der Waals surface area contributed by atoms with Gasteiger partial charge in [0.2, 0.25) is 5.95 Å². The summed E-state index contributed by atoms with van der Waals surface area (Å²) in [5, 5.41) is 21.7. The zero-order valence-corrected chi connectivity index (χ0v) is 10.4. The van der Waals surface area contributed by atoms with Crippen molar-refractivity contribution in [1.82, 2.24) is 19.5 Å². The van der Waals surface area contributed by atoms with Crippen LogP contribution < -0.4 is 5.32 Å². The largest absolute Gasteiger partial charge is 0.394 e. The molecule has 3 N–H and O–H groups in total. The maximum absolute atomic E-state index is 9.77. The highest BCUT2D eigenvalue weighted by atomic mass is 16.5. The van der Waals surface area contributed by atoms with Crippen LogP contribution in [0.3, 0.4) is 0 Å². The molecule has 0 radical (unpaired) electrons. The molecule has 3 heterocycles. The van der Waals surface area contributed by atoms with E-state index in [0.29, 0.717) is 23.5 Å². The van der Waals surface area contributed by atoms with Gasteiger partial charge in [-0.05, 0) is 0 Å². The zero-order valence-electron chi connectivity index (χ0n) is 10.4. The molecule has 0 saturated carbocycles. The van der Waals surface area contributed by atoms with Gasteiger partial charge < -0.3 is 20.3 Å². The molecular formula is C11H15N5O3. The number of aliphatic hydroxyl groups is 2. The Balaban J connectivity index is 1.97. The van der Waals surface area contributed by atoms with Gasteiger partial charge in [-0.1, -0.05) is 0 Å². The van der Waals surface area contributed by atoms with Crippen molar-refractivity contribution >= 4 is 17.1 Å². The number of fused-ring (bicyclic) bond motifs is 1. The van der Waals surface area contributed by atoms with Crippen molar-refractivity contribution in [2.45, 2.75) is 24.9 Å². The second kappa shape index (κ2) is 4.72. The summed E-state index contributed by atoms with van der Waals surface area (Å²) in [6.45, 7) is -0.207. The summed E-state index contributed by atoms with van der Waals surface area (Å²) in [5.74, 6) is 0.492. The average Bonchev–Trinajstić information content (AvgIpc) is 3.00. The summed E-state index contributed by atoms with van der Waals surface area (Å²) in [7, 11) is 1.74. The molecule has 1 aliphatic heterocycles. The smallest absolute Gasteiger partial charge is 0.224 e. The summed E-state index contributed by atoms with van der Waals surface area (Å²) in [6.07, 6.45) is 2.01. The molecular weight excluding hydrogens is 250 g/mol. The van der Waals surface area contributed by atoms with Crippen LogP contribution in [0, 0.1) is 0 Å². The first-order valence-electron chi connectivity index (χ1n) is 6.04. The first-order chi connectivity index (χ1) is 9.22. The molecule has 1 fully saturated rings. The molecule has 0 unspecified atom stereocenters. The van der Waals surface area contributed by atoms with Crippen LogP contribution in [0.15, 0.2) is 12.5 Å². The SMILES string of the molecule is CNc1ncc2ncn([C@H]3C[C@@H](O)[C@H](CO)O3)c2n1. The minimum absolute atomic E-state index is 0.207. The van der Waals surface area contributed by atoms with Gasteiger partial charge in [-0.3, -0.25) is 4.57 Å². The van der Waals surface area contributed by atoms with Gasteiger partial charge in [0.05, 0.1) is 25.2 Å². The predicted molar refractivity (Wildman–Crippen MR) is 66.5 cm³/mol. The fraction of sp³-hybridized carbons (Fsp3) is 0.545. The summed E-state index contributed by atoms with van der Waals surface area (Å²) < 4.78 is 7.34. The number of hydrogen-bond acceptors (Lipinski definition) is 7. The van der Waals surface area contributed by atoms with Gasteiger partial charge in [0.1, 0.15) is 17.8 Å². The van der Waals surface area contributed by atoms with E-state index in [1.165, 1.54) is 0 Å². The fourth-order valence-electron chi connectivity index (χ4n) is 2.21. The van der Waals surface area contributed by atoms with Crippen LogP contribution in [0.5, 0.6) is 0 Å². The van der Waals surface area contributed by atoms with Crippen molar-refractivity contribution in [3.63, 3.8) is 0 Å². The maximum atomic E-state index is 9.77. The van der Waals surface area contributed by atoms with Crippen LogP contribution >= 0.6 is 0 Å². The lowest BCUT2D eigenvalue weighted by Crippen LogP contribution is -2.24. The number of anilines is 1. The van der Waals surface area contributed by atoms with E-state index in [4.69, 9.17) is 9.84 Å². The topological polar surface area (TPSA) is 105 Å². The summed E-state index contributed by atoms with van der Waals surface area (Å²) in [5.41, 5.74) is 1.29. The molecule has 0 amide bonds. The Morgan fingerprint density at radius 3 is 3.05 bits per heavy atom. The van der Waals surface area contributed by atoms with Crippen molar-refractivity contribution in [3.05, 3.63) is 12.5 Å². The Morgan fingerprint density at radius 1 is 1.53 bits per heavy atom. The number of aromatic nitrogens is 4. The summed E-state index contributed by atoms with van der Waals surface area (Å²) >= 11 is 0. The third-order valence-electron chi connectivity index (χ3n) is 3.23. The third kappa shape index (κ3) is 2.03. The van der Waals surface area contributed by atoms with Crippen molar-refractivity contribution in [2.24, 2.45) is 0 Å². The Labute approximate surface area is 109 Å². The van der Waals surface area contributed by atoms with Gasteiger partial charge in [0.25, 0.3) is 0 Å². The van der Waals surface area contributed by atoms with Crippen LogP contribution in [0.2, 0.25) is 0 Å². The van der Waals surface area contributed by atoms with E-state index in [9.17, 15) is 5.11 Å². The molecule has 2 aromatic rings. The van der Waals surface area contributed by atoms with Gasteiger partial charge in [0, 0.05) is 13.5 Å². The fourth-order valence-corrected chi connectivity index (χ4v) is 2.21. The van der Waals surface area contributed by atoms with E-state index in [1.54, 1.807) is 24.1 Å². The molecule has 0 aliphatic carbocycles. The lowest BCUT2D eigenvalue weighted by molar-refractivity contribution is -0.0432. The minimum atomic E-state index is -0.682. The first-order valence-corrected chi connectivity index (χ1v) is 6.04. The van der Waals surface area contributed by atoms with Crippen LogP contribution in [-0.4, -0.2) is 55.6 Å². The van der Waals surface area contributed by atoms with Gasteiger partial charge in [-0.25, -0.2) is 9.97 Å². The van der Waals surface area contributed by atoms with E-state index in [-0.39, 0.29) is 12.8 Å². The maximum Gasteiger partial charge on any atom is 0.224 e. The average molecular weight is 265 g/mol. The van der Waals surface area contributed by atoms with E-state index < -0.39 is 12.2 Å². The molecule has 8 nitrogen and oxygen atoms in total. The zero-order chi connectivity index (χ0) is 13.4. The van der Waals surface area contributed by atoms with Gasteiger partial charge in [0.15, 0.2) is 5.65 Å². The number of imidazole rings is 1. The Kier molecular flexibility index (Phi) is 3.05. The molecule has 1 saturated heterocycles. The molecule has 19 heavy (non-hydrogen) atoms. The van der Waals surface area contributed by atoms with E-state index in [1.807, 2.05) is 0 Å². The van der Waals surface area contributed by atoms with Crippen molar-refractivity contribution in [2.75, 3.05) is 19.0 Å². The van der Waals surface area contributed by atoms with Crippen molar-refractivity contribution in [1.29, 1.82) is 0 Å². The van der Waals surface area contributed by atoms with Crippen molar-refractivity contribution < 1.29 is 14.9 Å². The Bertz CT molecular complexity index is 587. The predicted octanol–water partition coefficient (Wildman–Crippen LogP) is -0.491. The van der Waals surface area contributed by atoms with Crippen molar-refractivity contribution in [3.8, 4) is 0 Å². The number of aliphatic hydroxyl groups excluding tert-OH is 2. The molecule has 1 aliphatic rings. The highest BCUT2D eigenvalue weighted by Crippen LogP contribution is 2.30. The number of hydrogen-bond donors (Lipinski definition) is 3. The number of nitrogens with zero attached hydrogens (tertiary/aromatic N) is 4. The molecule has 8 heteroatoms. The Morgan fingerprint density at radius 2 is 2.37 bits per heavy atom. The standard InChI is InChI=1S/C11H15N5O3/c1-12-11-13-3-6-10(15-11)16(5-14-6)9-2-7(18)8(4-17)19-9/h3,5,7-9,17-18H,2,4H2,1H3,(H,12,13,15)/t7-,8+,9-/m1/s1. The quantitative estimate of drug-likeness (QED) is 0.687. The van der Waals surface area contributed by atoms with Gasteiger partial charge in [-0.15, -0.1) is 0 Å². The summed E-state index contributed by atoms with van der Waals surface area (Å²) in [4.78, 5) is 12.6. The molecule has 3 rings (SSSR count). The molecule has 0 spiro atoms. The van der Waals surface area contributed by atoms with E-state index in [2.05, 4.69) is 20.3 Å². The van der Waals surface area contributed by atoms with Crippen LogP contribution in [0.1, 0.15) is 12.6 Å². The Hall–Kier alpha value is -1.77. The van der Waals surface area contributed by atoms with Gasteiger partial charge >= 0.3 is 0 Å². The molecule has 2 aromatic heterocycles. The lowest BCUT2D eigenvalue weighted by Gasteiger charge is -2.13. The molecule has 0 aromatic carbocycles. The second-order valence-corrected chi connectivity index (χ2v) is 4.42. The molecule has 102 valence electrons. The lowest BCUT2D eigenvalue weighted by atomic mass is 10.2. The number of rotatable bonds is 3. The first kappa shape index (κ1) is 12.3. The second-order valence-electron chi connectivity index (χ2n) is 4.42. The van der Waals surface area contributed by atoms with E-state index in [0.717, 1.165) is 0 Å². The van der Waals surface area contributed by atoms with Crippen LogP contribution in [-0.2, 0) is 4.74 Å². The van der Waals surface area contributed by atoms with Crippen LogP contribution in [0.4, 0.5) is 5.95 Å². The molecule has 0 bridgehead atoms. The molecule has 3 atom stereocenters. The van der Waals surface area contributed by atoms with Crippen LogP contribution in [0.25, 0.3) is 11.2 Å². The van der Waals surface area contributed by atoms with E-state index >= 15 is 0 Å². The highest BCUT2D eigenvalue weighted by molar-refractivity contribution is 5.70. The monoisotopic (exact) mass is 265 g/mol. The highest BCUT2D eigenvalue weighted by Gasteiger charge is 2.35. The number of ether oxygens (including phenoxy) is 1. The normalized spacial score (nSPS) is 27.0. The summed E-state index contributed by atoms with van der Waals surface area (Å²) in [6, 6.07) is 0.